The average molecular weight is 934 g/mol. The van der Waals surface area contributed by atoms with Crippen LogP contribution in [0.15, 0.2) is 95.7 Å². The van der Waals surface area contributed by atoms with Gasteiger partial charge in [0.05, 0.1) is 52.0 Å². The van der Waals surface area contributed by atoms with E-state index in [1.807, 2.05) is 36.4 Å². The first-order valence-corrected chi connectivity index (χ1v) is 24.4. The van der Waals surface area contributed by atoms with E-state index in [1.54, 1.807) is 23.1 Å². The van der Waals surface area contributed by atoms with Crippen LogP contribution in [-0.4, -0.2) is 132 Å². The molecule has 6 aromatic rings. The zero-order chi connectivity index (χ0) is 45.7. The number of pyridine rings is 1. The number of aromatic nitrogens is 4. The lowest BCUT2D eigenvalue weighted by Crippen LogP contribution is -2.56. The predicted octanol–water partition coefficient (Wildman–Crippen LogP) is 6.88. The van der Waals surface area contributed by atoms with E-state index in [9.17, 15) is 23.3 Å². The monoisotopic (exact) mass is 932 g/mol. The molecule has 0 saturated carbocycles. The maximum atomic E-state index is 14.3. The fraction of sp³-hybridized carbons (Fsp3) is 0.396. The maximum Gasteiger partial charge on any atom is 0.275 e. The van der Waals surface area contributed by atoms with Gasteiger partial charge in [-0.15, -0.1) is 0 Å². The van der Waals surface area contributed by atoms with Crippen molar-refractivity contribution in [2.75, 3.05) is 77.0 Å². The highest BCUT2D eigenvalue weighted by Crippen LogP contribution is 2.43. The third-order valence-corrected chi connectivity index (χ3v) is 15.4. The summed E-state index contributed by atoms with van der Waals surface area (Å²) in [5.74, 6) is -0.900. The summed E-state index contributed by atoms with van der Waals surface area (Å²) in [7, 11) is -4.56. The van der Waals surface area contributed by atoms with E-state index < -0.39 is 20.9 Å². The minimum Gasteiger partial charge on any atom is -0.378 e. The zero-order valence-corrected chi connectivity index (χ0v) is 38.7. The summed E-state index contributed by atoms with van der Waals surface area (Å²) in [5, 5.41) is 18.6. The standard InChI is InChI=1S/C48H53ClN10O6S/c1-48(2)13-11-34(41(26-48)32-3-6-36(49)7-4-32)28-54-15-19-56(20-16-54)37-8-10-40(44(24-37)58-45-23-33-12-14-50-46(33)52-42(45)27-51-58)47(60)53-66(63,64)39-9-5-35(43(25-39)59(61)62)29-55-17-21-57(22-18-55)38-30-65-31-38/h3-10,12,14,23-25,27,38H,11,13,15-22,26,28-31H2,1-2H3,(H,50,52)(H,53,60). The molecule has 0 bridgehead atoms. The van der Waals surface area contributed by atoms with Crippen LogP contribution in [0.3, 0.4) is 0 Å². The molecule has 0 radical (unpaired) electrons. The molecule has 2 N–H and O–H groups in total. The van der Waals surface area contributed by atoms with Crippen molar-refractivity contribution in [1.29, 1.82) is 0 Å². The third kappa shape index (κ3) is 9.07. The Labute approximate surface area is 388 Å². The van der Waals surface area contributed by atoms with Gasteiger partial charge >= 0.3 is 0 Å². The van der Waals surface area contributed by atoms with Gasteiger partial charge in [-0.25, -0.2) is 22.8 Å². The van der Waals surface area contributed by atoms with Gasteiger partial charge in [0.2, 0.25) is 0 Å². The number of H-pyrrole nitrogens is 1. The van der Waals surface area contributed by atoms with Crippen molar-refractivity contribution in [3.8, 4) is 5.69 Å². The third-order valence-electron chi connectivity index (χ3n) is 13.8. The number of allylic oxidation sites excluding steroid dienone is 1. The van der Waals surface area contributed by atoms with Crippen LogP contribution in [0.25, 0.3) is 33.3 Å². The molecule has 1 aliphatic carbocycles. The fourth-order valence-corrected chi connectivity index (χ4v) is 10.9. The number of piperazine rings is 2. The number of hydrogen-bond acceptors (Lipinski definition) is 12. The molecule has 0 unspecified atom stereocenters. The van der Waals surface area contributed by atoms with Crippen molar-refractivity contribution in [1.82, 2.24) is 39.2 Å². The van der Waals surface area contributed by atoms with E-state index in [-0.39, 0.29) is 21.6 Å². The van der Waals surface area contributed by atoms with Gasteiger partial charge in [-0.2, -0.15) is 5.10 Å². The molecule has 1 amide bonds. The van der Waals surface area contributed by atoms with Crippen LogP contribution in [0, 0.1) is 15.5 Å². The topological polar surface area (TPSA) is 175 Å². The number of halogens is 1. The number of anilines is 1. The Morgan fingerprint density at radius 1 is 0.939 bits per heavy atom. The number of ether oxygens (including phenoxy) is 1. The number of nitro benzene ring substituents is 1. The summed E-state index contributed by atoms with van der Waals surface area (Å²) >= 11 is 6.27. The molecule has 6 heterocycles. The summed E-state index contributed by atoms with van der Waals surface area (Å²) < 4.78 is 37.1. The molecule has 4 aliphatic rings. The highest BCUT2D eigenvalue weighted by molar-refractivity contribution is 7.90. The molecule has 66 heavy (non-hydrogen) atoms. The van der Waals surface area contributed by atoms with Gasteiger partial charge in [0.25, 0.3) is 21.6 Å². The van der Waals surface area contributed by atoms with Gasteiger partial charge in [0, 0.05) is 99.4 Å². The van der Waals surface area contributed by atoms with Crippen LogP contribution in [0.2, 0.25) is 5.02 Å². The van der Waals surface area contributed by atoms with Gasteiger partial charge in [0.1, 0.15) is 11.2 Å². The van der Waals surface area contributed by atoms with Crippen molar-refractivity contribution < 1.29 is 22.9 Å². The van der Waals surface area contributed by atoms with Crippen molar-refractivity contribution in [3.63, 3.8) is 0 Å². The normalized spacial score (nSPS) is 19.1. The number of carbonyl (C=O) groups excluding carboxylic acids is 1. The van der Waals surface area contributed by atoms with E-state index in [0.29, 0.717) is 40.5 Å². The Kier molecular flexibility index (Phi) is 11.9. The minimum atomic E-state index is -4.56. The van der Waals surface area contributed by atoms with Crippen LogP contribution >= 0.6 is 11.6 Å². The van der Waals surface area contributed by atoms with Crippen molar-refractivity contribution >= 4 is 66.5 Å². The molecule has 3 aromatic heterocycles. The number of fused-ring (bicyclic) bond motifs is 2. The van der Waals surface area contributed by atoms with E-state index in [0.717, 1.165) is 114 Å². The minimum absolute atomic E-state index is 0.0562. The van der Waals surface area contributed by atoms with Crippen molar-refractivity contribution in [2.45, 2.75) is 50.6 Å². The Bertz CT molecular complexity index is 2970. The quantitative estimate of drug-likeness (QED) is 0.0963. The second-order valence-corrected chi connectivity index (χ2v) is 20.9. The SMILES string of the molecule is CC1(C)CCC(CN2CCN(c3ccc(C(=O)NS(=O)(=O)c4ccc(CN5CCN(C6COC6)CC5)c([N+](=O)[O-])c4)c(-n4ncc5nc6[nH]ccc6cc54)c3)CC2)=C(c2ccc(Cl)cc2)C1. The summed E-state index contributed by atoms with van der Waals surface area (Å²) in [6.07, 6.45) is 6.61. The lowest BCUT2D eigenvalue weighted by Gasteiger charge is -2.42. The molecular weight excluding hydrogens is 880 g/mol. The van der Waals surface area contributed by atoms with Gasteiger partial charge in [0.15, 0.2) is 0 Å². The van der Waals surface area contributed by atoms with Crippen LogP contribution < -0.4 is 9.62 Å². The zero-order valence-electron chi connectivity index (χ0n) is 37.1. The molecular formula is C48H53ClN10O6S. The second-order valence-electron chi connectivity index (χ2n) is 18.7. The molecule has 3 aromatic carbocycles. The summed E-state index contributed by atoms with van der Waals surface area (Å²) in [6, 6.07) is 21.6. The Morgan fingerprint density at radius 3 is 2.41 bits per heavy atom. The predicted molar refractivity (Wildman–Crippen MR) is 255 cm³/mol. The molecule has 3 fully saturated rings. The van der Waals surface area contributed by atoms with Gasteiger partial charge < -0.3 is 14.6 Å². The van der Waals surface area contributed by atoms with Crippen molar-refractivity contribution in [2.24, 2.45) is 5.41 Å². The van der Waals surface area contributed by atoms with Crippen LogP contribution in [0.1, 0.15) is 54.6 Å². The van der Waals surface area contributed by atoms with Crippen LogP contribution in [0.4, 0.5) is 11.4 Å². The van der Waals surface area contributed by atoms with E-state index in [4.69, 9.17) is 21.3 Å². The molecule has 344 valence electrons. The van der Waals surface area contributed by atoms with E-state index in [1.165, 1.54) is 28.8 Å². The first-order chi connectivity index (χ1) is 31.8. The van der Waals surface area contributed by atoms with Gasteiger partial charge in [-0.05, 0) is 90.4 Å². The number of amides is 1. The van der Waals surface area contributed by atoms with Gasteiger partial charge in [-0.3, -0.25) is 29.6 Å². The lowest BCUT2D eigenvalue weighted by atomic mass is 9.72. The highest BCUT2D eigenvalue weighted by atomic mass is 35.5. The largest absolute Gasteiger partial charge is 0.378 e. The molecule has 3 aliphatic heterocycles. The van der Waals surface area contributed by atoms with E-state index >= 15 is 0 Å². The van der Waals surface area contributed by atoms with E-state index in [2.05, 4.69) is 60.4 Å². The maximum absolute atomic E-state index is 14.3. The molecule has 18 heteroatoms. The first-order valence-electron chi connectivity index (χ1n) is 22.6. The van der Waals surface area contributed by atoms with Crippen molar-refractivity contribution in [3.05, 3.63) is 123 Å². The summed E-state index contributed by atoms with van der Waals surface area (Å²) in [6.45, 7) is 13.5. The number of rotatable bonds is 12. The smallest absolute Gasteiger partial charge is 0.275 e. The van der Waals surface area contributed by atoms with Crippen LogP contribution in [-0.2, 0) is 21.3 Å². The number of nitro groups is 1. The number of hydrogen-bond donors (Lipinski definition) is 2. The molecule has 0 spiro atoms. The number of aromatic amines is 1. The van der Waals surface area contributed by atoms with Gasteiger partial charge in [-0.1, -0.05) is 43.2 Å². The molecule has 16 nitrogen and oxygen atoms in total. The summed E-state index contributed by atoms with van der Waals surface area (Å²) in [4.78, 5) is 42.8. The first kappa shape index (κ1) is 44.2. The summed E-state index contributed by atoms with van der Waals surface area (Å²) in [5.41, 5.74) is 7.61. The fourth-order valence-electron chi connectivity index (χ4n) is 9.81. The number of benzene rings is 3. The second kappa shape index (κ2) is 17.8. The van der Waals surface area contributed by atoms with Crippen LogP contribution in [0.5, 0.6) is 0 Å². The number of nitrogens with one attached hydrogen (secondary N) is 2. The Morgan fingerprint density at radius 2 is 1.68 bits per heavy atom. The molecule has 3 saturated heterocycles. The molecule has 0 atom stereocenters. The Hall–Kier alpha value is -5.69. The molecule has 10 rings (SSSR count). The average Bonchev–Trinajstić information content (AvgIpc) is 3.93. The lowest BCUT2D eigenvalue weighted by molar-refractivity contribution is -0.386. The number of carbonyl (C=O) groups is 1. The highest BCUT2D eigenvalue weighted by Gasteiger charge is 2.32. The Balaban J connectivity index is 0.895. The number of sulfonamides is 1. The number of nitrogens with zero attached hydrogens (tertiary/aromatic N) is 8.